The molecule has 2 aliphatic heterocycles. The van der Waals surface area contributed by atoms with Gasteiger partial charge in [0.05, 0.1) is 0 Å². The van der Waals surface area contributed by atoms with Crippen molar-refractivity contribution in [3.8, 4) is 0 Å². The van der Waals surface area contributed by atoms with Gasteiger partial charge in [0, 0.05) is 38.1 Å². The van der Waals surface area contributed by atoms with Gasteiger partial charge in [-0.25, -0.2) is 0 Å². The number of carbonyl (C=O) groups is 1. The first-order valence-corrected chi connectivity index (χ1v) is 9.50. The van der Waals surface area contributed by atoms with Gasteiger partial charge in [-0.15, -0.1) is 24.8 Å². The van der Waals surface area contributed by atoms with Crippen molar-refractivity contribution in [3.63, 3.8) is 0 Å². The van der Waals surface area contributed by atoms with Crippen LogP contribution in [0.25, 0.3) is 0 Å². The van der Waals surface area contributed by atoms with Gasteiger partial charge in [0.1, 0.15) is 5.54 Å². The molecule has 1 amide bonds. The Morgan fingerprint density at radius 1 is 1.15 bits per heavy atom. The molecule has 2 saturated heterocycles. The maximum atomic E-state index is 13.1. The van der Waals surface area contributed by atoms with Crippen molar-refractivity contribution >= 4 is 30.7 Å². The second kappa shape index (κ2) is 9.40. The molecule has 148 valence electrons. The van der Waals surface area contributed by atoms with Crippen molar-refractivity contribution < 1.29 is 4.79 Å². The normalized spacial score (nSPS) is 23.5. The van der Waals surface area contributed by atoms with Gasteiger partial charge in [-0.1, -0.05) is 0 Å². The lowest BCUT2D eigenvalue weighted by molar-refractivity contribution is -0.133. The molecule has 0 bridgehead atoms. The molecule has 1 saturated carbocycles. The first-order chi connectivity index (χ1) is 11.8. The van der Waals surface area contributed by atoms with E-state index in [9.17, 15) is 4.79 Å². The lowest BCUT2D eigenvalue weighted by atomic mass is 9.86. The molecule has 3 aliphatic rings. The number of nitrogens with one attached hydrogen (secondary N) is 2. The topological polar surface area (TPSA) is 62.2 Å². The molecule has 0 atom stereocenters. The summed E-state index contributed by atoms with van der Waals surface area (Å²) in [4.78, 5) is 15.7. The fourth-order valence-corrected chi connectivity index (χ4v) is 4.17. The number of rotatable bonds is 5. The molecule has 3 heterocycles. The van der Waals surface area contributed by atoms with Crippen LogP contribution in [0.2, 0.25) is 0 Å². The summed E-state index contributed by atoms with van der Waals surface area (Å²) in [6.07, 6.45) is 10.3. The highest BCUT2D eigenvalue weighted by atomic mass is 35.5. The minimum Gasteiger partial charge on any atom is -0.351 e. The van der Waals surface area contributed by atoms with Crippen molar-refractivity contribution in [2.75, 3.05) is 32.7 Å². The van der Waals surface area contributed by atoms with Crippen molar-refractivity contribution in [1.29, 1.82) is 0 Å². The Kier molecular flexibility index (Phi) is 7.76. The Labute approximate surface area is 168 Å². The van der Waals surface area contributed by atoms with Crippen molar-refractivity contribution in [3.05, 3.63) is 18.5 Å². The van der Waals surface area contributed by atoms with E-state index in [0.717, 1.165) is 57.8 Å². The molecule has 0 spiro atoms. The van der Waals surface area contributed by atoms with Gasteiger partial charge in [-0.2, -0.15) is 5.10 Å². The minimum atomic E-state index is -0.514. The summed E-state index contributed by atoms with van der Waals surface area (Å²) in [6, 6.07) is 2.23. The Morgan fingerprint density at radius 3 is 2.42 bits per heavy atom. The first kappa shape index (κ1) is 21.5. The van der Waals surface area contributed by atoms with Crippen molar-refractivity contribution in [1.82, 2.24) is 25.3 Å². The highest BCUT2D eigenvalue weighted by Crippen LogP contribution is 2.31. The summed E-state index contributed by atoms with van der Waals surface area (Å²) in [5.74, 6) is 1.11. The van der Waals surface area contributed by atoms with Gasteiger partial charge in [0.2, 0.25) is 5.91 Å². The van der Waals surface area contributed by atoms with Gasteiger partial charge in [-0.05, 0) is 63.6 Å². The van der Waals surface area contributed by atoms with Crippen LogP contribution >= 0.6 is 24.8 Å². The van der Waals surface area contributed by atoms with Crippen molar-refractivity contribution in [2.24, 2.45) is 5.92 Å². The number of amides is 1. The van der Waals surface area contributed by atoms with Gasteiger partial charge < -0.3 is 15.5 Å². The molecule has 0 aromatic carbocycles. The zero-order valence-corrected chi connectivity index (χ0v) is 16.9. The van der Waals surface area contributed by atoms with E-state index in [1.807, 2.05) is 16.9 Å². The zero-order chi connectivity index (χ0) is 16.4. The second-order valence-electron chi connectivity index (χ2n) is 7.72. The number of hydrogen-bond donors (Lipinski definition) is 2. The van der Waals surface area contributed by atoms with Crippen LogP contribution in [0.3, 0.4) is 0 Å². The van der Waals surface area contributed by atoms with E-state index in [4.69, 9.17) is 0 Å². The van der Waals surface area contributed by atoms with Gasteiger partial charge in [0.15, 0.2) is 0 Å². The molecule has 1 aliphatic carbocycles. The maximum absolute atomic E-state index is 13.1. The molecule has 0 unspecified atom stereocenters. The Balaban J connectivity index is 0.00000121. The van der Waals surface area contributed by atoms with Crippen LogP contribution in [0.4, 0.5) is 0 Å². The summed E-state index contributed by atoms with van der Waals surface area (Å²) in [6.45, 7) is 5.25. The summed E-state index contributed by atoms with van der Waals surface area (Å²) >= 11 is 0. The smallest absolute Gasteiger partial charge is 0.248 e. The average Bonchev–Trinajstić information content (AvgIpc) is 3.25. The summed E-state index contributed by atoms with van der Waals surface area (Å²) in [7, 11) is 0. The quantitative estimate of drug-likeness (QED) is 0.786. The molecule has 1 aromatic rings. The molecular weight excluding hydrogens is 373 g/mol. The van der Waals surface area contributed by atoms with Gasteiger partial charge in [-0.3, -0.25) is 9.48 Å². The largest absolute Gasteiger partial charge is 0.351 e. The second-order valence-corrected chi connectivity index (χ2v) is 7.72. The third-order valence-corrected chi connectivity index (χ3v) is 5.93. The number of piperidine rings is 2. The van der Waals surface area contributed by atoms with E-state index in [2.05, 4.69) is 20.6 Å². The molecule has 4 rings (SSSR count). The number of halogens is 2. The van der Waals surface area contributed by atoms with Crippen LogP contribution in [-0.2, 0) is 10.3 Å². The molecule has 2 N–H and O–H groups in total. The SMILES string of the molecule is Cl.Cl.O=C(NC1CCN(CC2CC2)CC1)C1(n2cccn2)CCNCC1. The number of carbonyl (C=O) groups excluding carboxylic acids is 1. The zero-order valence-electron chi connectivity index (χ0n) is 15.2. The van der Waals surface area contributed by atoms with E-state index >= 15 is 0 Å². The Bertz CT molecular complexity index is 550. The molecule has 6 nitrogen and oxygen atoms in total. The van der Waals surface area contributed by atoms with Crippen LogP contribution in [0.15, 0.2) is 18.5 Å². The molecule has 26 heavy (non-hydrogen) atoms. The summed E-state index contributed by atoms with van der Waals surface area (Å²) < 4.78 is 1.88. The first-order valence-electron chi connectivity index (χ1n) is 9.50. The lowest BCUT2D eigenvalue weighted by Crippen LogP contribution is -2.57. The Hall–Kier alpha value is -0.820. The van der Waals surface area contributed by atoms with E-state index in [1.165, 1.54) is 19.4 Å². The molecular formula is C18H31Cl2N5O. The third-order valence-electron chi connectivity index (χ3n) is 5.93. The van der Waals surface area contributed by atoms with Crippen molar-refractivity contribution in [2.45, 2.75) is 50.1 Å². The fraction of sp³-hybridized carbons (Fsp3) is 0.778. The number of nitrogens with zero attached hydrogens (tertiary/aromatic N) is 3. The number of likely N-dealkylation sites (tertiary alicyclic amines) is 1. The van der Waals surface area contributed by atoms with Crippen LogP contribution in [-0.4, -0.2) is 59.4 Å². The van der Waals surface area contributed by atoms with E-state index in [1.54, 1.807) is 6.20 Å². The highest BCUT2D eigenvalue weighted by molar-refractivity contribution is 5.86. The van der Waals surface area contributed by atoms with E-state index < -0.39 is 5.54 Å². The van der Waals surface area contributed by atoms with Crippen LogP contribution in [0.5, 0.6) is 0 Å². The Morgan fingerprint density at radius 2 is 1.85 bits per heavy atom. The lowest BCUT2D eigenvalue weighted by Gasteiger charge is -2.39. The predicted molar refractivity (Wildman–Crippen MR) is 107 cm³/mol. The maximum Gasteiger partial charge on any atom is 0.248 e. The molecule has 1 aromatic heterocycles. The summed E-state index contributed by atoms with van der Waals surface area (Å²) in [5.41, 5.74) is -0.514. The summed E-state index contributed by atoms with van der Waals surface area (Å²) in [5, 5.41) is 11.1. The highest BCUT2D eigenvalue weighted by Gasteiger charge is 2.42. The number of hydrogen-bond acceptors (Lipinski definition) is 4. The number of aromatic nitrogens is 2. The average molecular weight is 404 g/mol. The third kappa shape index (κ3) is 4.71. The van der Waals surface area contributed by atoms with E-state index in [-0.39, 0.29) is 30.7 Å². The van der Waals surface area contributed by atoms with Crippen LogP contribution in [0.1, 0.15) is 38.5 Å². The standard InChI is InChI=1S/C18H29N5O.2ClH/c24-17(18(6-9-19-10-7-18)23-11-1-8-20-23)21-16-4-12-22(13-5-16)14-15-2-3-15;;/h1,8,11,15-16,19H,2-7,9-10,12-14H2,(H,21,24);2*1H. The minimum absolute atomic E-state index is 0. The van der Waals surface area contributed by atoms with Gasteiger partial charge >= 0.3 is 0 Å². The fourth-order valence-electron chi connectivity index (χ4n) is 4.17. The molecule has 8 heteroatoms. The van der Waals surface area contributed by atoms with Crippen LogP contribution in [0, 0.1) is 5.92 Å². The molecule has 3 fully saturated rings. The van der Waals surface area contributed by atoms with E-state index in [0.29, 0.717) is 6.04 Å². The predicted octanol–water partition coefficient (Wildman–Crippen LogP) is 1.80. The van der Waals surface area contributed by atoms with Crippen LogP contribution < -0.4 is 10.6 Å². The monoisotopic (exact) mass is 403 g/mol. The van der Waals surface area contributed by atoms with Gasteiger partial charge in [0.25, 0.3) is 0 Å². The molecule has 0 radical (unpaired) electrons.